The van der Waals surface area contributed by atoms with Gasteiger partial charge < -0.3 is 4.74 Å². The fourth-order valence-electron chi connectivity index (χ4n) is 2.96. The zero-order valence-electron chi connectivity index (χ0n) is 22.7. The number of phosphoric acid groups is 1. The Morgan fingerprint density at radius 2 is 1.59 bits per heavy atom. The second kappa shape index (κ2) is 14.3. The van der Waals surface area contributed by atoms with Gasteiger partial charge in [-0.3, -0.25) is 37.5 Å². The van der Waals surface area contributed by atoms with E-state index >= 15 is 0 Å². The van der Waals surface area contributed by atoms with Gasteiger partial charge in [-0.15, -0.1) is 0 Å². The molecule has 1 saturated heterocycles. The van der Waals surface area contributed by atoms with Gasteiger partial charge in [0.25, 0.3) is 5.56 Å². The summed E-state index contributed by atoms with van der Waals surface area (Å²) in [7, 11) is -4.25. The molecule has 0 unspecified atom stereocenters. The van der Waals surface area contributed by atoms with Crippen LogP contribution < -0.4 is 11.2 Å². The van der Waals surface area contributed by atoms with Crippen LogP contribution in [0.25, 0.3) is 0 Å². The van der Waals surface area contributed by atoms with E-state index in [0.29, 0.717) is 0 Å². The Balaban J connectivity index is 2.01. The molecule has 0 spiro atoms. The van der Waals surface area contributed by atoms with Crippen molar-refractivity contribution in [2.24, 2.45) is 10.8 Å². The minimum atomic E-state index is -4.25. The summed E-state index contributed by atoms with van der Waals surface area (Å²) >= 11 is 7.79. The number of ether oxygens (including phenoxy) is 1. The van der Waals surface area contributed by atoms with Crippen molar-refractivity contribution in [3.8, 4) is 0 Å². The number of hydrogen-bond acceptors (Lipinski definition) is 11. The van der Waals surface area contributed by atoms with Crippen LogP contribution in [-0.4, -0.2) is 63.4 Å². The predicted molar refractivity (Wildman–Crippen MR) is 149 cm³/mol. The molecule has 0 saturated carbocycles. The van der Waals surface area contributed by atoms with E-state index in [1.54, 1.807) is 41.5 Å². The van der Waals surface area contributed by atoms with E-state index in [0.717, 1.165) is 34.3 Å². The first-order chi connectivity index (χ1) is 17.9. The number of aromatic nitrogens is 2. The zero-order chi connectivity index (χ0) is 29.6. The molecule has 2 rings (SSSR count). The molecule has 222 valence electrons. The molecule has 11 nitrogen and oxygen atoms in total. The Kier molecular flexibility index (Phi) is 12.5. The Bertz CT molecular complexity index is 1140. The van der Waals surface area contributed by atoms with Crippen LogP contribution in [0, 0.1) is 10.8 Å². The highest BCUT2D eigenvalue weighted by molar-refractivity contribution is 8.14. The lowest BCUT2D eigenvalue weighted by atomic mass is 9.99. The normalized spacial score (nSPS) is 20.4. The number of nitrogens with one attached hydrogen (secondary N) is 1. The van der Waals surface area contributed by atoms with Crippen molar-refractivity contribution in [3.63, 3.8) is 0 Å². The number of carbonyl (C=O) groups is 2. The third kappa shape index (κ3) is 10.7. The van der Waals surface area contributed by atoms with Gasteiger partial charge in [-0.1, -0.05) is 76.7 Å². The standard InChI is InChI=1S/C23H35ClFN2O9PS2/c1-22(2,3)19(29)38-9-7-33-37(32,34-8-10-39-20(30)23(4,5)6)35-13-16-15(25)11-17(36-16)27-12-14(24)18(28)26-21(27)31/h12,15-17H,7-11,13H2,1-6H3,(H,26,28,31)/t15-,16+,17+/m0/s1. The van der Waals surface area contributed by atoms with Crippen molar-refractivity contribution >= 4 is 53.2 Å². The lowest BCUT2D eigenvalue weighted by Crippen LogP contribution is -2.32. The second-order valence-corrected chi connectivity index (χ2v) is 14.9. The molecule has 1 aromatic rings. The molecule has 16 heteroatoms. The van der Waals surface area contributed by atoms with Gasteiger partial charge in [0.2, 0.25) is 0 Å². The highest BCUT2D eigenvalue weighted by Gasteiger charge is 2.40. The molecular formula is C23H35ClFN2O9PS2. The highest BCUT2D eigenvalue weighted by atomic mass is 35.5. The third-order valence-corrected chi connectivity index (χ3v) is 9.37. The largest absolute Gasteiger partial charge is 0.474 e. The SMILES string of the molecule is CC(C)(C)C(=O)SCCOP(=O)(OCCSC(=O)C(C)(C)C)OC[C@H]1O[C@@H](n2cc(Cl)c(=O)[nH]c2=O)C[C@@H]1F. The maximum Gasteiger partial charge on any atom is 0.474 e. The van der Waals surface area contributed by atoms with Crippen LogP contribution in [0.1, 0.15) is 54.2 Å². The average molecular weight is 633 g/mol. The van der Waals surface area contributed by atoms with Crippen LogP contribution in [0.2, 0.25) is 5.02 Å². The molecule has 1 aromatic heterocycles. The molecule has 0 amide bonds. The smallest absolute Gasteiger partial charge is 0.349 e. The molecule has 0 aliphatic carbocycles. The minimum absolute atomic E-state index is 0.0804. The molecule has 1 N–H and O–H groups in total. The number of nitrogens with zero attached hydrogens (tertiary/aromatic N) is 1. The van der Waals surface area contributed by atoms with Crippen molar-refractivity contribution in [3.05, 3.63) is 32.1 Å². The van der Waals surface area contributed by atoms with Gasteiger partial charge in [0, 0.05) is 35.0 Å². The number of aromatic amines is 1. The molecule has 0 aromatic carbocycles. The number of H-pyrrole nitrogens is 1. The van der Waals surface area contributed by atoms with Gasteiger partial charge in [-0.25, -0.2) is 13.8 Å². The topological polar surface area (TPSA) is 143 Å². The van der Waals surface area contributed by atoms with E-state index in [9.17, 15) is 28.1 Å². The summed E-state index contributed by atoms with van der Waals surface area (Å²) < 4.78 is 50.7. The van der Waals surface area contributed by atoms with Gasteiger partial charge in [0.05, 0.1) is 19.8 Å². The van der Waals surface area contributed by atoms with Crippen LogP contribution in [0.4, 0.5) is 4.39 Å². The molecule has 2 heterocycles. The molecular weight excluding hydrogens is 598 g/mol. The Morgan fingerprint density at radius 1 is 1.08 bits per heavy atom. The summed E-state index contributed by atoms with van der Waals surface area (Å²) in [5.74, 6) is 0.349. The van der Waals surface area contributed by atoms with Crippen molar-refractivity contribution in [2.45, 2.75) is 66.5 Å². The van der Waals surface area contributed by atoms with E-state index in [1.165, 1.54) is 0 Å². The van der Waals surface area contributed by atoms with Crippen LogP contribution in [0.3, 0.4) is 0 Å². The number of rotatable bonds is 12. The fourth-order valence-corrected chi connectivity index (χ4v) is 6.11. The zero-order valence-corrected chi connectivity index (χ0v) is 26.0. The Morgan fingerprint density at radius 3 is 2.08 bits per heavy atom. The summed E-state index contributed by atoms with van der Waals surface area (Å²) in [6.07, 6.45) is -3.13. The lowest BCUT2D eigenvalue weighted by molar-refractivity contribution is -0.118. The van der Waals surface area contributed by atoms with Crippen LogP contribution in [0.5, 0.6) is 0 Å². The Hall–Kier alpha value is -0.990. The summed E-state index contributed by atoms with van der Waals surface area (Å²) in [5.41, 5.74) is -2.75. The average Bonchev–Trinajstić information content (AvgIpc) is 3.19. The van der Waals surface area contributed by atoms with Crippen molar-refractivity contribution in [1.29, 1.82) is 0 Å². The monoisotopic (exact) mass is 632 g/mol. The quantitative estimate of drug-likeness (QED) is 0.255. The van der Waals surface area contributed by atoms with Crippen molar-refractivity contribution in [2.75, 3.05) is 31.3 Å². The first-order valence-electron chi connectivity index (χ1n) is 12.1. The molecule has 1 aliphatic heterocycles. The summed E-state index contributed by atoms with van der Waals surface area (Å²) in [4.78, 5) is 49.9. The minimum Gasteiger partial charge on any atom is -0.349 e. The van der Waals surface area contributed by atoms with Gasteiger partial charge in [0.1, 0.15) is 23.5 Å². The van der Waals surface area contributed by atoms with Crippen molar-refractivity contribution in [1.82, 2.24) is 9.55 Å². The second-order valence-electron chi connectivity index (χ2n) is 10.7. The first-order valence-corrected chi connectivity index (χ1v) is 15.9. The summed E-state index contributed by atoms with van der Waals surface area (Å²) in [5, 5.41) is -0.434. The maximum atomic E-state index is 14.7. The third-order valence-electron chi connectivity index (χ3n) is 5.15. The predicted octanol–water partition coefficient (Wildman–Crippen LogP) is 4.59. The number of thioether (sulfide) groups is 2. The first kappa shape index (κ1) is 34.2. The molecule has 0 bridgehead atoms. The van der Waals surface area contributed by atoms with E-state index in [1.807, 2.05) is 4.98 Å². The van der Waals surface area contributed by atoms with Crippen LogP contribution in [0.15, 0.2) is 15.8 Å². The number of alkyl halides is 1. The van der Waals surface area contributed by atoms with Gasteiger partial charge in [-0.05, 0) is 0 Å². The van der Waals surface area contributed by atoms with Crippen LogP contribution >= 0.6 is 42.9 Å². The van der Waals surface area contributed by atoms with E-state index in [-0.39, 0.29) is 46.4 Å². The van der Waals surface area contributed by atoms with E-state index < -0.39 is 55.0 Å². The van der Waals surface area contributed by atoms with Gasteiger partial charge in [-0.2, -0.15) is 0 Å². The number of halogens is 2. The molecule has 3 atom stereocenters. The number of carbonyl (C=O) groups excluding carboxylic acids is 2. The molecule has 1 aliphatic rings. The van der Waals surface area contributed by atoms with E-state index in [4.69, 9.17) is 29.9 Å². The van der Waals surface area contributed by atoms with Crippen LogP contribution in [-0.2, 0) is 32.5 Å². The number of hydrogen-bond donors (Lipinski definition) is 1. The van der Waals surface area contributed by atoms with Crippen molar-refractivity contribution < 1.29 is 36.9 Å². The van der Waals surface area contributed by atoms with Gasteiger partial charge in [0.15, 0.2) is 10.2 Å². The fraction of sp³-hybridized carbons (Fsp3) is 0.739. The summed E-state index contributed by atoms with van der Waals surface area (Å²) in [6.45, 7) is 9.78. The molecule has 1 fully saturated rings. The highest BCUT2D eigenvalue weighted by Crippen LogP contribution is 2.50. The van der Waals surface area contributed by atoms with E-state index in [2.05, 4.69) is 0 Å². The summed E-state index contributed by atoms with van der Waals surface area (Å²) in [6, 6.07) is 0. The molecule has 0 radical (unpaired) electrons. The Labute approximate surface area is 239 Å². The van der Waals surface area contributed by atoms with Gasteiger partial charge >= 0.3 is 13.5 Å². The maximum absolute atomic E-state index is 14.7. The lowest BCUT2D eigenvalue weighted by Gasteiger charge is -2.21. The number of phosphoric ester groups is 1. The molecule has 39 heavy (non-hydrogen) atoms.